The highest BCUT2D eigenvalue weighted by Crippen LogP contribution is 2.14. The molecular weight excluding hydrogens is 148 g/mol. The number of nitrogens with zero attached hydrogens (tertiary/aromatic N) is 1. The van der Waals surface area contributed by atoms with Crippen molar-refractivity contribution in [3.05, 3.63) is 30.6 Å². The van der Waals surface area contributed by atoms with E-state index >= 15 is 0 Å². The van der Waals surface area contributed by atoms with Crippen molar-refractivity contribution in [2.45, 2.75) is 19.3 Å². The van der Waals surface area contributed by atoms with Gasteiger partial charge >= 0.3 is 0 Å². The summed E-state index contributed by atoms with van der Waals surface area (Å²) in [6.07, 6.45) is 6.20. The van der Waals surface area contributed by atoms with E-state index in [1.165, 1.54) is 19.3 Å². The zero-order chi connectivity index (χ0) is 8.23. The minimum Gasteiger partial charge on any atom is -0.345 e. The predicted molar refractivity (Wildman–Crippen MR) is 49.9 cm³/mol. The summed E-state index contributed by atoms with van der Waals surface area (Å²) in [5.74, 6) is 0. The van der Waals surface area contributed by atoms with Crippen LogP contribution in [0, 0.1) is 0 Å². The fourth-order valence-electron chi connectivity index (χ4n) is 0.880. The second kappa shape index (κ2) is 3.39. The Morgan fingerprint density at radius 3 is 2.50 bits per heavy atom. The Hall–Kier alpha value is -1.31. The molecule has 1 aliphatic carbocycles. The van der Waals surface area contributed by atoms with Crippen molar-refractivity contribution < 1.29 is 0 Å². The molecule has 0 aliphatic heterocycles. The Labute approximate surface area is 71.6 Å². The Balaban J connectivity index is 0.000000159. The summed E-state index contributed by atoms with van der Waals surface area (Å²) in [7, 11) is 0. The number of rotatable bonds is 0. The molecule has 12 heavy (non-hydrogen) atoms. The van der Waals surface area contributed by atoms with Crippen LogP contribution in [0.3, 0.4) is 0 Å². The van der Waals surface area contributed by atoms with Gasteiger partial charge in [-0.25, -0.2) is 4.98 Å². The van der Waals surface area contributed by atoms with Crippen molar-refractivity contribution in [1.29, 1.82) is 0 Å². The maximum atomic E-state index is 4.06. The first-order valence-corrected chi connectivity index (χ1v) is 4.35. The van der Waals surface area contributed by atoms with E-state index in [2.05, 4.69) is 9.97 Å². The van der Waals surface area contributed by atoms with Crippen LogP contribution in [0.2, 0.25) is 0 Å². The largest absolute Gasteiger partial charge is 0.345 e. The Bertz CT molecular complexity index is 316. The van der Waals surface area contributed by atoms with E-state index in [-0.39, 0.29) is 0 Å². The normalized spacial score (nSPS) is 13.7. The molecule has 0 unspecified atom stereocenters. The van der Waals surface area contributed by atoms with Gasteiger partial charge in [0, 0.05) is 0 Å². The van der Waals surface area contributed by atoms with Gasteiger partial charge in [0.1, 0.15) is 0 Å². The second-order valence-corrected chi connectivity index (χ2v) is 2.98. The standard InChI is InChI=1S/C7H6N2.C3H6/c1-2-4-7-6(3-1)8-5-9-7;1-2-3-1/h1-5H,(H,8,9);1-3H2. The molecule has 0 radical (unpaired) electrons. The van der Waals surface area contributed by atoms with Crippen LogP contribution in [0.5, 0.6) is 0 Å². The highest BCUT2D eigenvalue weighted by atomic mass is 14.9. The molecule has 0 atom stereocenters. The van der Waals surface area contributed by atoms with Gasteiger partial charge in [0.25, 0.3) is 0 Å². The topological polar surface area (TPSA) is 28.7 Å². The summed E-state index contributed by atoms with van der Waals surface area (Å²) in [5, 5.41) is 0. The van der Waals surface area contributed by atoms with Gasteiger partial charge in [0.2, 0.25) is 0 Å². The molecule has 62 valence electrons. The highest BCUT2D eigenvalue weighted by Gasteiger charge is 1.95. The molecular formula is C10H12N2. The number of H-pyrrole nitrogens is 1. The zero-order valence-corrected chi connectivity index (χ0v) is 6.96. The van der Waals surface area contributed by atoms with Crippen LogP contribution < -0.4 is 0 Å². The fraction of sp³-hybridized carbons (Fsp3) is 0.300. The number of aromatic amines is 1. The lowest BCUT2D eigenvalue weighted by Gasteiger charge is -1.81. The van der Waals surface area contributed by atoms with Crippen LogP contribution in [0.4, 0.5) is 0 Å². The fourth-order valence-corrected chi connectivity index (χ4v) is 0.880. The number of imidazole rings is 1. The molecule has 2 heteroatoms. The van der Waals surface area contributed by atoms with E-state index in [0.717, 1.165) is 11.0 Å². The Kier molecular flexibility index (Phi) is 2.08. The van der Waals surface area contributed by atoms with Gasteiger partial charge in [-0.1, -0.05) is 31.4 Å². The molecule has 1 N–H and O–H groups in total. The summed E-state index contributed by atoms with van der Waals surface area (Å²) in [6, 6.07) is 7.94. The summed E-state index contributed by atoms with van der Waals surface area (Å²) in [4.78, 5) is 7.07. The van der Waals surface area contributed by atoms with Crippen LogP contribution >= 0.6 is 0 Å². The number of nitrogens with one attached hydrogen (secondary N) is 1. The van der Waals surface area contributed by atoms with Crippen LogP contribution in [-0.2, 0) is 0 Å². The first kappa shape index (κ1) is 7.35. The number of hydrogen-bond acceptors (Lipinski definition) is 1. The van der Waals surface area contributed by atoms with Crippen molar-refractivity contribution in [3.63, 3.8) is 0 Å². The SMILES string of the molecule is C1CC1.c1ccc2[nH]cnc2c1. The van der Waals surface area contributed by atoms with Crippen LogP contribution in [-0.4, -0.2) is 9.97 Å². The summed E-state index contributed by atoms with van der Waals surface area (Å²) >= 11 is 0. The lowest BCUT2D eigenvalue weighted by Crippen LogP contribution is -1.63. The molecule has 2 nitrogen and oxygen atoms in total. The molecule has 0 amide bonds. The number of aromatic nitrogens is 2. The molecule has 0 saturated heterocycles. The summed E-state index contributed by atoms with van der Waals surface area (Å²) < 4.78 is 0. The molecule has 1 heterocycles. The molecule has 2 aromatic rings. The number of hydrogen-bond donors (Lipinski definition) is 1. The van der Waals surface area contributed by atoms with Crippen molar-refractivity contribution >= 4 is 11.0 Å². The van der Waals surface area contributed by atoms with Gasteiger partial charge in [-0.2, -0.15) is 0 Å². The van der Waals surface area contributed by atoms with Gasteiger partial charge in [-0.3, -0.25) is 0 Å². The molecule has 1 aromatic carbocycles. The van der Waals surface area contributed by atoms with Crippen molar-refractivity contribution in [2.24, 2.45) is 0 Å². The lowest BCUT2D eigenvalue weighted by molar-refractivity contribution is 1.34. The van der Waals surface area contributed by atoms with E-state index < -0.39 is 0 Å². The molecule has 1 aromatic heterocycles. The second-order valence-electron chi connectivity index (χ2n) is 2.98. The van der Waals surface area contributed by atoms with Crippen molar-refractivity contribution in [1.82, 2.24) is 9.97 Å². The third-order valence-corrected chi connectivity index (χ3v) is 1.68. The van der Waals surface area contributed by atoms with Gasteiger partial charge in [-0.15, -0.1) is 0 Å². The van der Waals surface area contributed by atoms with Crippen LogP contribution in [0.1, 0.15) is 19.3 Å². The smallest absolute Gasteiger partial charge is 0.0931 e. The maximum Gasteiger partial charge on any atom is 0.0931 e. The number of benzene rings is 1. The van der Waals surface area contributed by atoms with E-state index in [1.807, 2.05) is 24.3 Å². The van der Waals surface area contributed by atoms with Crippen LogP contribution in [0.15, 0.2) is 30.6 Å². The zero-order valence-electron chi connectivity index (χ0n) is 6.96. The Morgan fingerprint density at radius 2 is 1.83 bits per heavy atom. The lowest BCUT2D eigenvalue weighted by atomic mass is 10.3. The molecule has 1 saturated carbocycles. The summed E-state index contributed by atoms with van der Waals surface area (Å²) in [6.45, 7) is 0. The highest BCUT2D eigenvalue weighted by molar-refractivity contribution is 5.73. The van der Waals surface area contributed by atoms with E-state index in [1.54, 1.807) is 6.33 Å². The third kappa shape index (κ3) is 1.84. The first-order valence-electron chi connectivity index (χ1n) is 4.35. The third-order valence-electron chi connectivity index (χ3n) is 1.68. The average molecular weight is 160 g/mol. The van der Waals surface area contributed by atoms with Crippen LogP contribution in [0.25, 0.3) is 11.0 Å². The quantitative estimate of drug-likeness (QED) is 0.630. The minimum absolute atomic E-state index is 1.03. The molecule has 1 aliphatic rings. The molecule has 1 fully saturated rings. The van der Waals surface area contributed by atoms with Gasteiger partial charge < -0.3 is 4.98 Å². The average Bonchev–Trinajstić information content (AvgIpc) is 2.91. The first-order chi connectivity index (χ1) is 5.97. The molecule has 0 spiro atoms. The van der Waals surface area contributed by atoms with E-state index in [9.17, 15) is 0 Å². The monoisotopic (exact) mass is 160 g/mol. The van der Waals surface area contributed by atoms with Gasteiger partial charge in [0.05, 0.1) is 17.4 Å². The Morgan fingerprint density at radius 1 is 1.08 bits per heavy atom. The minimum atomic E-state index is 1.03. The van der Waals surface area contributed by atoms with E-state index in [0.29, 0.717) is 0 Å². The summed E-state index contributed by atoms with van der Waals surface area (Å²) in [5.41, 5.74) is 2.12. The maximum absolute atomic E-state index is 4.06. The molecule has 3 rings (SSSR count). The molecule has 0 bridgehead atoms. The van der Waals surface area contributed by atoms with Crippen molar-refractivity contribution in [2.75, 3.05) is 0 Å². The van der Waals surface area contributed by atoms with Gasteiger partial charge in [0.15, 0.2) is 0 Å². The van der Waals surface area contributed by atoms with E-state index in [4.69, 9.17) is 0 Å². The van der Waals surface area contributed by atoms with Gasteiger partial charge in [-0.05, 0) is 12.1 Å². The predicted octanol–water partition coefficient (Wildman–Crippen LogP) is 2.73. The number of para-hydroxylation sites is 2. The number of fused-ring (bicyclic) bond motifs is 1. The van der Waals surface area contributed by atoms with Crippen molar-refractivity contribution in [3.8, 4) is 0 Å².